The molecule has 0 fully saturated rings. The summed E-state index contributed by atoms with van der Waals surface area (Å²) in [4.78, 5) is 42.9. The number of carbonyl (C=O) groups excluding carboxylic acids is 2. The Morgan fingerprint density at radius 2 is 1.52 bits per heavy atom. The molecular formula is C24H18Cl2N2O5. The zero-order valence-electron chi connectivity index (χ0n) is 17.7. The zero-order chi connectivity index (χ0) is 23.7. The molecule has 0 N–H and O–H groups in total. The third-order valence-electron chi connectivity index (χ3n) is 5.00. The normalized spacial score (nSPS) is 11.0. The number of hydrogen-bond acceptors (Lipinski definition) is 6. The van der Waals surface area contributed by atoms with Crippen LogP contribution in [0.5, 0.6) is 0 Å². The van der Waals surface area contributed by atoms with Crippen molar-refractivity contribution >= 4 is 56.9 Å². The molecule has 4 rings (SSSR count). The summed E-state index contributed by atoms with van der Waals surface area (Å²) in [6, 6.07) is 9.70. The second-order valence-corrected chi connectivity index (χ2v) is 7.90. The number of esters is 2. The van der Waals surface area contributed by atoms with Gasteiger partial charge in [0.05, 0.1) is 29.9 Å². The number of ether oxygens (including phenoxy) is 2. The van der Waals surface area contributed by atoms with Crippen molar-refractivity contribution in [3.63, 3.8) is 0 Å². The lowest BCUT2D eigenvalue weighted by Crippen LogP contribution is -2.21. The van der Waals surface area contributed by atoms with Gasteiger partial charge in [-0.25, -0.2) is 9.59 Å². The molecule has 7 nitrogen and oxygen atoms in total. The molecule has 0 aliphatic carbocycles. The van der Waals surface area contributed by atoms with Crippen molar-refractivity contribution in [1.29, 1.82) is 0 Å². The van der Waals surface area contributed by atoms with Gasteiger partial charge in [0.1, 0.15) is 11.1 Å². The van der Waals surface area contributed by atoms with Gasteiger partial charge in [-0.15, -0.1) is 0 Å². The fraction of sp³-hybridized carbons (Fsp3) is 0.167. The van der Waals surface area contributed by atoms with Gasteiger partial charge in [0.15, 0.2) is 0 Å². The Labute approximate surface area is 198 Å². The van der Waals surface area contributed by atoms with Gasteiger partial charge in [-0.05, 0) is 50.2 Å². The van der Waals surface area contributed by atoms with Crippen LogP contribution in [0.25, 0.3) is 27.5 Å². The van der Waals surface area contributed by atoms with Crippen LogP contribution in [0.4, 0.5) is 0 Å². The molecule has 4 aromatic rings. The first-order valence-corrected chi connectivity index (χ1v) is 10.9. The lowest BCUT2D eigenvalue weighted by atomic mass is 10.1. The Bertz CT molecular complexity index is 1480. The summed E-state index contributed by atoms with van der Waals surface area (Å²) in [6.45, 7) is 3.60. The van der Waals surface area contributed by atoms with Crippen molar-refractivity contribution in [3.05, 3.63) is 80.2 Å². The molecule has 0 saturated carbocycles. The highest BCUT2D eigenvalue weighted by Crippen LogP contribution is 2.31. The van der Waals surface area contributed by atoms with Gasteiger partial charge >= 0.3 is 11.9 Å². The molecule has 0 bridgehead atoms. The van der Waals surface area contributed by atoms with Crippen molar-refractivity contribution in [3.8, 4) is 5.69 Å². The Hall–Kier alpha value is -3.42. The van der Waals surface area contributed by atoms with E-state index in [-0.39, 0.29) is 29.7 Å². The minimum atomic E-state index is -0.771. The van der Waals surface area contributed by atoms with E-state index in [9.17, 15) is 14.4 Å². The van der Waals surface area contributed by atoms with Gasteiger partial charge in [-0.3, -0.25) is 9.78 Å². The van der Waals surface area contributed by atoms with Gasteiger partial charge in [-0.2, -0.15) is 0 Å². The molecule has 2 aromatic heterocycles. The van der Waals surface area contributed by atoms with Crippen LogP contribution >= 0.6 is 23.2 Å². The van der Waals surface area contributed by atoms with Crippen LogP contribution in [0.3, 0.4) is 0 Å². The maximum absolute atomic E-state index is 13.1. The van der Waals surface area contributed by atoms with Gasteiger partial charge in [-0.1, -0.05) is 23.2 Å². The van der Waals surface area contributed by atoms with Crippen LogP contribution in [-0.4, -0.2) is 34.7 Å². The molecule has 33 heavy (non-hydrogen) atoms. The van der Waals surface area contributed by atoms with Crippen molar-refractivity contribution in [2.45, 2.75) is 13.8 Å². The van der Waals surface area contributed by atoms with Gasteiger partial charge in [0.2, 0.25) is 5.43 Å². The first-order chi connectivity index (χ1) is 15.8. The number of rotatable bonds is 5. The average molecular weight is 485 g/mol. The lowest BCUT2D eigenvalue weighted by Gasteiger charge is -2.18. The summed E-state index contributed by atoms with van der Waals surface area (Å²) in [7, 11) is 0. The molecule has 0 saturated heterocycles. The number of aromatic nitrogens is 2. The summed E-state index contributed by atoms with van der Waals surface area (Å²) >= 11 is 12.4. The van der Waals surface area contributed by atoms with Crippen molar-refractivity contribution in [2.24, 2.45) is 0 Å². The fourth-order valence-corrected chi connectivity index (χ4v) is 3.94. The quantitative estimate of drug-likeness (QED) is 0.361. The molecule has 2 heterocycles. The second-order valence-electron chi connectivity index (χ2n) is 7.03. The Balaban J connectivity index is 2.19. The van der Waals surface area contributed by atoms with Crippen LogP contribution in [-0.2, 0) is 9.47 Å². The van der Waals surface area contributed by atoms with Crippen LogP contribution in [0, 0.1) is 0 Å². The number of pyridine rings is 2. The zero-order valence-corrected chi connectivity index (χ0v) is 19.2. The number of carbonyl (C=O) groups is 2. The van der Waals surface area contributed by atoms with E-state index in [0.29, 0.717) is 32.2 Å². The Morgan fingerprint density at radius 1 is 0.909 bits per heavy atom. The SMILES string of the molecule is CCOC(=O)c1cnc2cc(Cl)ccc2c1-n1cc(C(=O)OCC)c(=O)c2ccc(Cl)cc21. The highest BCUT2D eigenvalue weighted by atomic mass is 35.5. The molecule has 168 valence electrons. The first kappa shape index (κ1) is 22.8. The van der Waals surface area contributed by atoms with E-state index in [2.05, 4.69) is 4.98 Å². The number of hydrogen-bond donors (Lipinski definition) is 0. The van der Waals surface area contributed by atoms with Crippen molar-refractivity contribution in [2.75, 3.05) is 13.2 Å². The molecular weight excluding hydrogens is 467 g/mol. The van der Waals surface area contributed by atoms with E-state index < -0.39 is 17.4 Å². The van der Waals surface area contributed by atoms with E-state index >= 15 is 0 Å². The van der Waals surface area contributed by atoms with E-state index in [1.54, 1.807) is 48.7 Å². The highest BCUT2D eigenvalue weighted by Gasteiger charge is 2.23. The Kier molecular flexibility index (Phi) is 6.35. The number of halogens is 2. The Morgan fingerprint density at radius 3 is 2.18 bits per heavy atom. The minimum Gasteiger partial charge on any atom is -0.462 e. The topological polar surface area (TPSA) is 87.5 Å². The summed E-state index contributed by atoms with van der Waals surface area (Å²) < 4.78 is 11.9. The average Bonchev–Trinajstić information content (AvgIpc) is 2.79. The van der Waals surface area contributed by atoms with E-state index in [0.717, 1.165) is 0 Å². The van der Waals surface area contributed by atoms with Crippen LogP contribution < -0.4 is 5.43 Å². The smallest absolute Gasteiger partial charge is 0.343 e. The molecule has 0 radical (unpaired) electrons. The maximum Gasteiger partial charge on any atom is 0.343 e. The summed E-state index contributed by atoms with van der Waals surface area (Å²) in [5, 5.41) is 1.63. The fourth-order valence-electron chi connectivity index (χ4n) is 3.61. The summed E-state index contributed by atoms with van der Waals surface area (Å²) in [5.41, 5.74) is 0.737. The van der Waals surface area contributed by atoms with Crippen LogP contribution in [0.15, 0.2) is 53.6 Å². The molecule has 0 spiro atoms. The van der Waals surface area contributed by atoms with E-state index in [1.165, 1.54) is 18.5 Å². The van der Waals surface area contributed by atoms with Gasteiger partial charge in [0.25, 0.3) is 0 Å². The highest BCUT2D eigenvalue weighted by molar-refractivity contribution is 6.31. The predicted molar refractivity (Wildman–Crippen MR) is 127 cm³/mol. The van der Waals surface area contributed by atoms with Gasteiger partial charge < -0.3 is 14.0 Å². The molecule has 0 atom stereocenters. The number of nitrogens with zero attached hydrogens (tertiary/aromatic N) is 2. The summed E-state index contributed by atoms with van der Waals surface area (Å²) in [6.07, 6.45) is 2.73. The van der Waals surface area contributed by atoms with Crippen molar-refractivity contribution in [1.82, 2.24) is 9.55 Å². The lowest BCUT2D eigenvalue weighted by molar-refractivity contribution is 0.0517. The van der Waals surface area contributed by atoms with Crippen LogP contribution in [0.1, 0.15) is 34.6 Å². The van der Waals surface area contributed by atoms with E-state index in [4.69, 9.17) is 32.7 Å². The van der Waals surface area contributed by atoms with Crippen LogP contribution in [0.2, 0.25) is 10.0 Å². The monoisotopic (exact) mass is 484 g/mol. The molecule has 2 aromatic carbocycles. The third-order valence-corrected chi connectivity index (χ3v) is 5.47. The number of fused-ring (bicyclic) bond motifs is 2. The standard InChI is InChI=1S/C24H18Cl2N2O5/c1-3-32-23(30)17-11-27-19-9-13(25)5-7-15(19)21(17)28-12-18(24(31)33-4-2)22(29)16-8-6-14(26)10-20(16)28/h5-12H,3-4H2,1-2H3. The molecule has 0 aliphatic rings. The first-order valence-electron chi connectivity index (χ1n) is 10.1. The largest absolute Gasteiger partial charge is 0.462 e. The molecule has 0 aliphatic heterocycles. The maximum atomic E-state index is 13.1. The molecule has 0 unspecified atom stereocenters. The summed E-state index contributed by atoms with van der Waals surface area (Å²) in [5.74, 6) is -1.38. The number of benzene rings is 2. The van der Waals surface area contributed by atoms with Crippen molar-refractivity contribution < 1.29 is 19.1 Å². The molecule has 0 amide bonds. The predicted octanol–water partition coefficient (Wildman–Crippen LogP) is 5.20. The van der Waals surface area contributed by atoms with E-state index in [1.807, 2.05) is 0 Å². The molecule has 9 heteroatoms. The van der Waals surface area contributed by atoms with Gasteiger partial charge in [0, 0.05) is 33.2 Å². The minimum absolute atomic E-state index is 0.0989. The third kappa shape index (κ3) is 4.17. The second kappa shape index (κ2) is 9.21.